The third-order valence-electron chi connectivity index (χ3n) is 5.79. The maximum Gasteiger partial charge on any atom is 0.307 e. The molecule has 0 aliphatic heterocycles. The molecule has 0 radical (unpaired) electrons. The Morgan fingerprint density at radius 3 is 2.25 bits per heavy atom. The van der Waals surface area contributed by atoms with Crippen molar-refractivity contribution in [2.24, 2.45) is 29.6 Å². The number of fused-ring (bicyclic) bond motifs is 2. The Hall–Kier alpha value is -1.06. The van der Waals surface area contributed by atoms with Gasteiger partial charge in [-0.3, -0.25) is 9.59 Å². The van der Waals surface area contributed by atoms with Crippen molar-refractivity contribution in [2.75, 3.05) is 6.54 Å². The summed E-state index contributed by atoms with van der Waals surface area (Å²) in [6.45, 7) is 0.749. The lowest BCUT2D eigenvalue weighted by molar-refractivity contribution is -0.149. The van der Waals surface area contributed by atoms with Crippen molar-refractivity contribution in [1.29, 1.82) is 0 Å². The van der Waals surface area contributed by atoms with Gasteiger partial charge in [-0.1, -0.05) is 19.3 Å². The van der Waals surface area contributed by atoms with Crippen LogP contribution in [0.15, 0.2) is 0 Å². The number of rotatable bonds is 4. The number of aliphatic carboxylic acids is 1. The zero-order valence-corrected chi connectivity index (χ0v) is 12.0. The SMILES string of the molecule is O=C(NCC1CCCCC1)[C@@H]1[C@@H]2CC[C@@H](C2)[C@@H]1C(=O)O. The Bertz CT molecular complexity index is 389. The third kappa shape index (κ3) is 2.57. The summed E-state index contributed by atoms with van der Waals surface area (Å²) in [4.78, 5) is 23.9. The van der Waals surface area contributed by atoms with Gasteiger partial charge in [0.1, 0.15) is 0 Å². The highest BCUT2D eigenvalue weighted by Crippen LogP contribution is 2.52. The van der Waals surface area contributed by atoms with Crippen LogP contribution in [-0.2, 0) is 9.59 Å². The van der Waals surface area contributed by atoms with E-state index in [2.05, 4.69) is 5.32 Å². The molecule has 0 aromatic carbocycles. The molecular weight excluding hydrogens is 254 g/mol. The highest BCUT2D eigenvalue weighted by atomic mass is 16.4. The Morgan fingerprint density at radius 1 is 0.950 bits per heavy atom. The van der Waals surface area contributed by atoms with Crippen molar-refractivity contribution in [1.82, 2.24) is 5.32 Å². The zero-order chi connectivity index (χ0) is 14.1. The Morgan fingerprint density at radius 2 is 1.60 bits per heavy atom. The van der Waals surface area contributed by atoms with Crippen molar-refractivity contribution in [2.45, 2.75) is 51.4 Å². The molecular formula is C16H25NO3. The van der Waals surface area contributed by atoms with Gasteiger partial charge in [0, 0.05) is 6.54 Å². The molecule has 20 heavy (non-hydrogen) atoms. The van der Waals surface area contributed by atoms with Crippen molar-refractivity contribution < 1.29 is 14.7 Å². The summed E-state index contributed by atoms with van der Waals surface area (Å²) < 4.78 is 0. The Labute approximate surface area is 120 Å². The Kier molecular flexibility index (Phi) is 3.99. The molecule has 0 spiro atoms. The van der Waals surface area contributed by atoms with Gasteiger partial charge in [0.05, 0.1) is 11.8 Å². The first-order chi connectivity index (χ1) is 9.66. The fourth-order valence-electron chi connectivity index (χ4n) is 4.78. The largest absolute Gasteiger partial charge is 0.481 e. The predicted molar refractivity (Wildman–Crippen MR) is 75.0 cm³/mol. The summed E-state index contributed by atoms with van der Waals surface area (Å²) in [7, 11) is 0. The monoisotopic (exact) mass is 279 g/mol. The van der Waals surface area contributed by atoms with Crippen molar-refractivity contribution in [3.05, 3.63) is 0 Å². The normalized spacial score (nSPS) is 37.0. The smallest absolute Gasteiger partial charge is 0.307 e. The van der Waals surface area contributed by atoms with Crippen LogP contribution in [0.2, 0.25) is 0 Å². The lowest BCUT2D eigenvalue weighted by atomic mass is 9.78. The van der Waals surface area contributed by atoms with Gasteiger partial charge < -0.3 is 10.4 Å². The molecule has 3 saturated carbocycles. The van der Waals surface area contributed by atoms with Gasteiger partial charge >= 0.3 is 5.97 Å². The number of amides is 1. The molecule has 3 fully saturated rings. The summed E-state index contributed by atoms with van der Waals surface area (Å²) in [6.07, 6.45) is 9.25. The first-order valence-electron chi connectivity index (χ1n) is 8.17. The van der Waals surface area contributed by atoms with E-state index in [1.165, 1.54) is 32.1 Å². The van der Waals surface area contributed by atoms with Crippen LogP contribution < -0.4 is 5.32 Å². The van der Waals surface area contributed by atoms with Crippen LogP contribution in [0.3, 0.4) is 0 Å². The second-order valence-corrected chi connectivity index (χ2v) is 6.97. The standard InChI is InChI=1S/C16H25NO3/c18-15(17-9-10-4-2-1-3-5-10)13-11-6-7-12(8-11)14(13)16(19)20/h10-14H,1-9H2,(H,17,18)(H,19,20)/t11-,12+,13-,14+/m1/s1. The number of nitrogens with one attached hydrogen (secondary N) is 1. The van der Waals surface area contributed by atoms with Crippen molar-refractivity contribution >= 4 is 11.9 Å². The van der Waals surface area contributed by atoms with E-state index in [1.54, 1.807) is 0 Å². The van der Waals surface area contributed by atoms with E-state index in [0.29, 0.717) is 11.8 Å². The van der Waals surface area contributed by atoms with Crippen LogP contribution in [0.1, 0.15) is 51.4 Å². The minimum Gasteiger partial charge on any atom is -0.481 e. The molecule has 0 unspecified atom stereocenters. The first kappa shape index (κ1) is 13.9. The number of carboxylic acid groups (broad SMARTS) is 1. The first-order valence-corrected chi connectivity index (χ1v) is 8.17. The number of carbonyl (C=O) groups is 2. The molecule has 3 rings (SSSR count). The minimum atomic E-state index is -0.769. The number of hydrogen-bond donors (Lipinski definition) is 2. The lowest BCUT2D eigenvalue weighted by Crippen LogP contribution is -2.42. The second-order valence-electron chi connectivity index (χ2n) is 6.97. The minimum absolute atomic E-state index is 0.00942. The molecule has 3 aliphatic carbocycles. The van der Waals surface area contributed by atoms with Gasteiger partial charge in [0.2, 0.25) is 5.91 Å². The predicted octanol–water partition coefficient (Wildman–Crippen LogP) is 2.43. The number of hydrogen-bond acceptors (Lipinski definition) is 2. The third-order valence-corrected chi connectivity index (χ3v) is 5.79. The van der Waals surface area contributed by atoms with Gasteiger partial charge in [0.25, 0.3) is 0 Å². The van der Waals surface area contributed by atoms with Crippen LogP contribution in [-0.4, -0.2) is 23.5 Å². The fourth-order valence-corrected chi connectivity index (χ4v) is 4.78. The molecule has 2 N–H and O–H groups in total. The average molecular weight is 279 g/mol. The van der Waals surface area contributed by atoms with Crippen LogP contribution in [0.25, 0.3) is 0 Å². The molecule has 4 atom stereocenters. The van der Waals surface area contributed by atoms with Gasteiger partial charge in [-0.05, 0) is 49.9 Å². The Balaban J connectivity index is 1.57. The molecule has 0 aromatic heterocycles. The highest BCUT2D eigenvalue weighted by molar-refractivity contribution is 5.86. The molecule has 4 nitrogen and oxygen atoms in total. The molecule has 1 amide bonds. The summed E-state index contributed by atoms with van der Waals surface area (Å²) >= 11 is 0. The van der Waals surface area contributed by atoms with E-state index in [0.717, 1.165) is 25.8 Å². The number of carbonyl (C=O) groups excluding carboxylic acids is 1. The molecule has 0 saturated heterocycles. The maximum absolute atomic E-state index is 12.4. The van der Waals surface area contributed by atoms with Gasteiger partial charge in [-0.25, -0.2) is 0 Å². The van der Waals surface area contributed by atoms with E-state index in [4.69, 9.17) is 0 Å². The summed E-state index contributed by atoms with van der Waals surface area (Å²) in [5, 5.41) is 12.5. The van der Waals surface area contributed by atoms with Crippen molar-refractivity contribution in [3.63, 3.8) is 0 Å². The van der Waals surface area contributed by atoms with Gasteiger partial charge in [-0.15, -0.1) is 0 Å². The van der Waals surface area contributed by atoms with Crippen molar-refractivity contribution in [3.8, 4) is 0 Å². The molecule has 3 aliphatic rings. The average Bonchev–Trinajstić information content (AvgIpc) is 3.06. The van der Waals surface area contributed by atoms with Gasteiger partial charge in [-0.2, -0.15) is 0 Å². The molecule has 0 aromatic rings. The van der Waals surface area contributed by atoms with E-state index in [9.17, 15) is 14.7 Å². The van der Waals surface area contributed by atoms with E-state index < -0.39 is 11.9 Å². The summed E-state index contributed by atoms with van der Waals surface area (Å²) in [6, 6.07) is 0. The summed E-state index contributed by atoms with van der Waals surface area (Å²) in [5.74, 6) is -0.301. The molecule has 0 heterocycles. The lowest BCUT2D eigenvalue weighted by Gasteiger charge is -2.28. The second kappa shape index (κ2) is 5.74. The summed E-state index contributed by atoms with van der Waals surface area (Å²) in [5.41, 5.74) is 0. The van der Waals surface area contributed by atoms with Crippen LogP contribution >= 0.6 is 0 Å². The maximum atomic E-state index is 12.4. The molecule has 4 heteroatoms. The fraction of sp³-hybridized carbons (Fsp3) is 0.875. The highest BCUT2D eigenvalue weighted by Gasteiger charge is 2.53. The van der Waals surface area contributed by atoms with Crippen LogP contribution in [0.5, 0.6) is 0 Å². The van der Waals surface area contributed by atoms with E-state index in [1.807, 2.05) is 0 Å². The van der Waals surface area contributed by atoms with Crippen LogP contribution in [0.4, 0.5) is 0 Å². The molecule has 2 bridgehead atoms. The number of carboxylic acids is 1. The molecule has 112 valence electrons. The van der Waals surface area contributed by atoms with Crippen LogP contribution in [0, 0.1) is 29.6 Å². The quantitative estimate of drug-likeness (QED) is 0.830. The van der Waals surface area contributed by atoms with Gasteiger partial charge in [0.15, 0.2) is 0 Å². The van der Waals surface area contributed by atoms with E-state index in [-0.39, 0.29) is 17.7 Å². The zero-order valence-electron chi connectivity index (χ0n) is 12.0. The topological polar surface area (TPSA) is 66.4 Å². The van der Waals surface area contributed by atoms with E-state index >= 15 is 0 Å².